The number of hydrogen-bond donors (Lipinski definition) is 1. The summed E-state index contributed by atoms with van der Waals surface area (Å²) in [4.78, 5) is 28.7. The van der Waals surface area contributed by atoms with Crippen molar-refractivity contribution >= 4 is 23.2 Å². The number of halogens is 1. The second-order valence-corrected chi connectivity index (χ2v) is 5.96. The van der Waals surface area contributed by atoms with Crippen LogP contribution in [0.15, 0.2) is 47.4 Å². The summed E-state index contributed by atoms with van der Waals surface area (Å²) in [5.41, 5.74) is 1.65. The number of rotatable bonds is 4. The number of anilines is 1. The number of aromatic nitrogens is 4. The monoisotopic (exact) mass is 357 g/mol. The van der Waals surface area contributed by atoms with Crippen LogP contribution in [-0.4, -0.2) is 25.2 Å². The zero-order valence-corrected chi connectivity index (χ0v) is 14.5. The Bertz CT molecular complexity index is 978. The van der Waals surface area contributed by atoms with E-state index in [1.165, 1.54) is 4.57 Å². The highest BCUT2D eigenvalue weighted by Crippen LogP contribution is 2.19. The van der Waals surface area contributed by atoms with Crippen molar-refractivity contribution in [1.82, 2.24) is 19.3 Å². The Kier molecular flexibility index (Phi) is 4.67. The molecule has 0 atom stereocenters. The van der Waals surface area contributed by atoms with Crippen LogP contribution in [0.1, 0.15) is 5.56 Å². The van der Waals surface area contributed by atoms with E-state index in [1.54, 1.807) is 43.6 Å². The Morgan fingerprint density at radius 2 is 2.08 bits per heavy atom. The third-order valence-electron chi connectivity index (χ3n) is 3.68. The SMILES string of the molecule is Cc1ccc(NC(=O)Cn2nc(-c3ccccn3)n(C)c2=O)cc1Cl. The molecule has 0 aliphatic rings. The van der Waals surface area contributed by atoms with Crippen molar-refractivity contribution in [2.75, 3.05) is 5.32 Å². The molecule has 0 spiro atoms. The molecule has 0 bridgehead atoms. The molecular formula is C17H16ClN5O2. The van der Waals surface area contributed by atoms with E-state index in [9.17, 15) is 9.59 Å². The summed E-state index contributed by atoms with van der Waals surface area (Å²) in [6, 6.07) is 10.6. The third-order valence-corrected chi connectivity index (χ3v) is 4.09. The Balaban J connectivity index is 1.80. The summed E-state index contributed by atoms with van der Waals surface area (Å²) in [5.74, 6) is 0.0319. The van der Waals surface area contributed by atoms with Gasteiger partial charge in [-0.3, -0.25) is 14.3 Å². The topological polar surface area (TPSA) is 81.8 Å². The van der Waals surface area contributed by atoms with Gasteiger partial charge in [-0.2, -0.15) is 0 Å². The lowest BCUT2D eigenvalue weighted by Gasteiger charge is -2.06. The fraction of sp³-hybridized carbons (Fsp3) is 0.176. The Morgan fingerprint density at radius 3 is 2.76 bits per heavy atom. The number of amides is 1. The van der Waals surface area contributed by atoms with Gasteiger partial charge in [0, 0.05) is 24.0 Å². The van der Waals surface area contributed by atoms with Crippen LogP contribution in [0.25, 0.3) is 11.5 Å². The average Bonchev–Trinajstić information content (AvgIpc) is 2.87. The zero-order chi connectivity index (χ0) is 18.0. The highest BCUT2D eigenvalue weighted by Gasteiger charge is 2.15. The van der Waals surface area contributed by atoms with Crippen molar-refractivity contribution in [3.8, 4) is 11.5 Å². The molecule has 8 heteroatoms. The van der Waals surface area contributed by atoms with Crippen LogP contribution in [0.5, 0.6) is 0 Å². The molecule has 2 heterocycles. The molecular weight excluding hydrogens is 342 g/mol. The first-order chi connectivity index (χ1) is 12.0. The minimum absolute atomic E-state index is 0.203. The number of carbonyl (C=O) groups is 1. The number of carbonyl (C=O) groups excluding carboxylic acids is 1. The van der Waals surface area contributed by atoms with Gasteiger partial charge in [0.05, 0.1) is 0 Å². The smallest absolute Gasteiger partial charge is 0.324 e. The maximum atomic E-state index is 12.3. The standard InChI is InChI=1S/C17H16ClN5O2/c1-11-6-7-12(9-13(11)18)20-15(24)10-23-17(25)22(2)16(21-23)14-5-3-4-8-19-14/h3-9H,10H2,1-2H3,(H,20,24). The fourth-order valence-corrected chi connectivity index (χ4v) is 2.50. The minimum atomic E-state index is -0.391. The number of hydrogen-bond acceptors (Lipinski definition) is 4. The molecule has 7 nitrogen and oxygen atoms in total. The first kappa shape index (κ1) is 16.9. The predicted octanol–water partition coefficient (Wildman–Crippen LogP) is 2.24. The number of pyridine rings is 1. The maximum absolute atomic E-state index is 12.3. The second-order valence-electron chi connectivity index (χ2n) is 5.55. The minimum Gasteiger partial charge on any atom is -0.324 e. The van der Waals surface area contributed by atoms with E-state index in [-0.39, 0.29) is 12.5 Å². The molecule has 0 aliphatic heterocycles. The van der Waals surface area contributed by atoms with Crippen LogP contribution >= 0.6 is 11.6 Å². The zero-order valence-electron chi connectivity index (χ0n) is 13.7. The first-order valence-corrected chi connectivity index (χ1v) is 7.95. The second kappa shape index (κ2) is 6.90. The van der Waals surface area contributed by atoms with Crippen LogP contribution in [0.4, 0.5) is 5.69 Å². The van der Waals surface area contributed by atoms with E-state index < -0.39 is 5.69 Å². The summed E-state index contributed by atoms with van der Waals surface area (Å²) < 4.78 is 2.47. The van der Waals surface area contributed by atoms with Crippen molar-refractivity contribution in [2.24, 2.45) is 7.05 Å². The Labute approximate surface area is 148 Å². The molecule has 25 heavy (non-hydrogen) atoms. The predicted molar refractivity (Wildman–Crippen MR) is 95.5 cm³/mol. The molecule has 1 aromatic carbocycles. The van der Waals surface area contributed by atoms with Crippen LogP contribution in [0, 0.1) is 6.92 Å². The van der Waals surface area contributed by atoms with Gasteiger partial charge in [-0.1, -0.05) is 23.7 Å². The highest BCUT2D eigenvalue weighted by molar-refractivity contribution is 6.31. The summed E-state index contributed by atoms with van der Waals surface area (Å²) in [6.07, 6.45) is 1.62. The maximum Gasteiger partial charge on any atom is 0.346 e. The van der Waals surface area contributed by atoms with Gasteiger partial charge < -0.3 is 5.32 Å². The van der Waals surface area contributed by atoms with Gasteiger partial charge in [0.1, 0.15) is 12.2 Å². The van der Waals surface area contributed by atoms with Gasteiger partial charge in [-0.05, 0) is 36.8 Å². The lowest BCUT2D eigenvalue weighted by atomic mass is 10.2. The summed E-state index contributed by atoms with van der Waals surface area (Å²) >= 11 is 6.05. The van der Waals surface area contributed by atoms with Gasteiger partial charge in [0.15, 0.2) is 5.82 Å². The van der Waals surface area contributed by atoms with E-state index >= 15 is 0 Å². The number of benzene rings is 1. The molecule has 0 saturated carbocycles. The lowest BCUT2D eigenvalue weighted by molar-refractivity contribution is -0.117. The lowest BCUT2D eigenvalue weighted by Crippen LogP contribution is -2.29. The van der Waals surface area contributed by atoms with Gasteiger partial charge >= 0.3 is 5.69 Å². The third kappa shape index (κ3) is 3.61. The van der Waals surface area contributed by atoms with Crippen molar-refractivity contribution in [2.45, 2.75) is 13.5 Å². The van der Waals surface area contributed by atoms with Crippen LogP contribution < -0.4 is 11.0 Å². The fourth-order valence-electron chi connectivity index (χ4n) is 2.32. The number of aryl methyl sites for hydroxylation is 1. The Morgan fingerprint density at radius 1 is 1.28 bits per heavy atom. The van der Waals surface area contributed by atoms with Crippen LogP contribution in [-0.2, 0) is 18.4 Å². The molecule has 2 aromatic heterocycles. The van der Waals surface area contributed by atoms with E-state index in [1.807, 2.05) is 13.0 Å². The van der Waals surface area contributed by atoms with E-state index in [0.29, 0.717) is 22.2 Å². The number of nitrogens with one attached hydrogen (secondary N) is 1. The summed E-state index contributed by atoms with van der Waals surface area (Å²) in [7, 11) is 1.59. The van der Waals surface area contributed by atoms with Crippen molar-refractivity contribution < 1.29 is 4.79 Å². The van der Waals surface area contributed by atoms with Crippen molar-refractivity contribution in [1.29, 1.82) is 0 Å². The van der Waals surface area contributed by atoms with Crippen molar-refractivity contribution in [3.63, 3.8) is 0 Å². The molecule has 1 amide bonds. The molecule has 0 aliphatic carbocycles. The molecule has 0 radical (unpaired) electrons. The first-order valence-electron chi connectivity index (χ1n) is 7.57. The van der Waals surface area contributed by atoms with Crippen LogP contribution in [0.3, 0.4) is 0 Å². The van der Waals surface area contributed by atoms with Gasteiger partial charge in [0.25, 0.3) is 0 Å². The Hall–Kier alpha value is -2.93. The normalized spacial score (nSPS) is 10.7. The molecule has 0 fully saturated rings. The summed E-state index contributed by atoms with van der Waals surface area (Å²) in [5, 5.41) is 7.48. The van der Waals surface area contributed by atoms with Crippen LogP contribution in [0.2, 0.25) is 5.02 Å². The summed E-state index contributed by atoms with van der Waals surface area (Å²) in [6.45, 7) is 1.67. The quantitative estimate of drug-likeness (QED) is 0.776. The van der Waals surface area contributed by atoms with Gasteiger partial charge in [0.2, 0.25) is 5.91 Å². The van der Waals surface area contributed by atoms with E-state index in [4.69, 9.17) is 11.6 Å². The number of nitrogens with zero attached hydrogens (tertiary/aromatic N) is 4. The van der Waals surface area contributed by atoms with Gasteiger partial charge in [-0.25, -0.2) is 9.48 Å². The van der Waals surface area contributed by atoms with Crippen molar-refractivity contribution in [3.05, 3.63) is 63.7 Å². The van der Waals surface area contributed by atoms with E-state index in [2.05, 4.69) is 15.4 Å². The van der Waals surface area contributed by atoms with Gasteiger partial charge in [-0.15, -0.1) is 5.10 Å². The molecule has 0 unspecified atom stereocenters. The van der Waals surface area contributed by atoms with E-state index in [0.717, 1.165) is 10.2 Å². The average molecular weight is 358 g/mol. The molecule has 1 N–H and O–H groups in total. The highest BCUT2D eigenvalue weighted by atomic mass is 35.5. The molecule has 3 rings (SSSR count). The largest absolute Gasteiger partial charge is 0.346 e. The molecule has 3 aromatic rings. The molecule has 128 valence electrons. The molecule has 0 saturated heterocycles.